The molecule has 3 aromatic heterocycles. The Hall–Kier alpha value is -2.47. The molecule has 3 heterocycles. The van der Waals surface area contributed by atoms with Crippen molar-refractivity contribution in [3.8, 4) is 5.82 Å². The van der Waals surface area contributed by atoms with Crippen molar-refractivity contribution in [2.45, 2.75) is 0 Å². The van der Waals surface area contributed by atoms with Crippen molar-refractivity contribution in [3.05, 3.63) is 59.7 Å². The molecular weight excluding hydrogens is 268 g/mol. The number of nitrogens with zero attached hydrogens (tertiary/aromatic N) is 4. The molecule has 0 aromatic carbocycles. The first-order chi connectivity index (χ1) is 9.25. The minimum Gasteiger partial charge on any atom is -0.461 e. The molecule has 0 fully saturated rings. The highest BCUT2D eigenvalue weighted by atomic mass is 35.5. The monoisotopic (exact) mass is 274 g/mol. The number of imidazole rings is 1. The highest BCUT2D eigenvalue weighted by Crippen LogP contribution is 2.13. The number of halogens is 1. The molecule has 6 nitrogen and oxygen atoms in total. The topological polar surface area (TPSA) is 73.8 Å². The van der Waals surface area contributed by atoms with Crippen molar-refractivity contribution in [1.82, 2.24) is 19.7 Å². The van der Waals surface area contributed by atoms with Crippen LogP contribution in [0.2, 0.25) is 5.15 Å². The van der Waals surface area contributed by atoms with Crippen LogP contribution in [0.15, 0.2) is 47.3 Å². The second-order valence-electron chi connectivity index (χ2n) is 3.64. The number of carbonyl (C=O) groups is 1. The summed E-state index contributed by atoms with van der Waals surface area (Å²) >= 11 is 5.68. The molecule has 0 N–H and O–H groups in total. The van der Waals surface area contributed by atoms with Gasteiger partial charge in [0.05, 0.1) is 6.26 Å². The summed E-state index contributed by atoms with van der Waals surface area (Å²) in [7, 11) is 0. The highest BCUT2D eigenvalue weighted by Gasteiger charge is 2.19. The maximum Gasteiger partial charge on any atom is 0.263 e. The van der Waals surface area contributed by atoms with Gasteiger partial charge in [0.15, 0.2) is 22.6 Å². The minimum absolute atomic E-state index is 0.201. The number of furan rings is 1. The van der Waals surface area contributed by atoms with Gasteiger partial charge in [0.1, 0.15) is 0 Å². The molecule has 3 aromatic rings. The average molecular weight is 275 g/mol. The Kier molecular flexibility index (Phi) is 2.85. The van der Waals surface area contributed by atoms with Crippen molar-refractivity contribution in [1.29, 1.82) is 0 Å². The van der Waals surface area contributed by atoms with Crippen molar-refractivity contribution >= 4 is 17.4 Å². The Morgan fingerprint density at radius 1 is 1.26 bits per heavy atom. The molecule has 0 atom stereocenters. The third-order valence-electron chi connectivity index (χ3n) is 2.45. The van der Waals surface area contributed by atoms with Crippen LogP contribution in [-0.2, 0) is 0 Å². The molecule has 0 spiro atoms. The Morgan fingerprint density at radius 2 is 2.16 bits per heavy atom. The molecule has 0 aliphatic carbocycles. The quantitative estimate of drug-likeness (QED) is 0.684. The van der Waals surface area contributed by atoms with Crippen LogP contribution >= 0.6 is 11.6 Å². The van der Waals surface area contributed by atoms with Crippen LogP contribution in [0.1, 0.15) is 16.4 Å². The fourth-order valence-corrected chi connectivity index (χ4v) is 1.71. The maximum atomic E-state index is 12.2. The molecule has 0 saturated carbocycles. The molecular formula is C12H7ClN4O2. The zero-order chi connectivity index (χ0) is 13.2. The van der Waals surface area contributed by atoms with Crippen LogP contribution in [-0.4, -0.2) is 25.5 Å². The molecule has 0 unspecified atom stereocenters. The van der Waals surface area contributed by atoms with E-state index < -0.39 is 0 Å². The van der Waals surface area contributed by atoms with E-state index in [4.69, 9.17) is 16.0 Å². The Balaban J connectivity index is 2.03. The molecule has 0 amide bonds. The van der Waals surface area contributed by atoms with Gasteiger partial charge in [-0.2, -0.15) is 0 Å². The van der Waals surface area contributed by atoms with Crippen LogP contribution in [0.4, 0.5) is 0 Å². The fraction of sp³-hybridized carbons (Fsp3) is 0. The number of hydrogen-bond donors (Lipinski definition) is 0. The summed E-state index contributed by atoms with van der Waals surface area (Å²) in [6.45, 7) is 0. The van der Waals surface area contributed by atoms with E-state index in [1.807, 2.05) is 0 Å². The van der Waals surface area contributed by atoms with E-state index in [0.29, 0.717) is 5.82 Å². The van der Waals surface area contributed by atoms with Gasteiger partial charge in [-0.1, -0.05) is 11.6 Å². The Bertz CT molecular complexity index is 704. The van der Waals surface area contributed by atoms with E-state index in [-0.39, 0.29) is 22.5 Å². The smallest absolute Gasteiger partial charge is 0.263 e. The summed E-state index contributed by atoms with van der Waals surface area (Å²) < 4.78 is 6.59. The lowest BCUT2D eigenvalue weighted by atomic mass is 10.3. The normalized spacial score (nSPS) is 10.6. The molecule has 0 bridgehead atoms. The molecule has 3 rings (SSSR count). The van der Waals surface area contributed by atoms with Crippen molar-refractivity contribution in [3.63, 3.8) is 0 Å². The van der Waals surface area contributed by atoms with Crippen LogP contribution in [0.25, 0.3) is 5.82 Å². The summed E-state index contributed by atoms with van der Waals surface area (Å²) in [6, 6.07) is 6.46. The first-order valence-corrected chi connectivity index (χ1v) is 5.74. The Labute approximate surface area is 112 Å². The summed E-state index contributed by atoms with van der Waals surface area (Å²) in [6.07, 6.45) is 4.56. The molecule has 0 radical (unpaired) electrons. The maximum absolute atomic E-state index is 12.2. The molecule has 0 aliphatic rings. The van der Waals surface area contributed by atoms with E-state index in [1.165, 1.54) is 17.0 Å². The van der Waals surface area contributed by atoms with E-state index in [2.05, 4.69) is 15.2 Å². The fourth-order valence-electron chi connectivity index (χ4n) is 1.61. The number of rotatable bonds is 3. The third kappa shape index (κ3) is 2.13. The first-order valence-electron chi connectivity index (χ1n) is 5.37. The van der Waals surface area contributed by atoms with Crippen molar-refractivity contribution < 1.29 is 9.21 Å². The van der Waals surface area contributed by atoms with Gasteiger partial charge in [-0.15, -0.1) is 10.2 Å². The predicted octanol–water partition coefficient (Wildman–Crippen LogP) is 2.14. The second kappa shape index (κ2) is 4.66. The van der Waals surface area contributed by atoms with Crippen molar-refractivity contribution in [2.24, 2.45) is 0 Å². The number of ketones is 1. The molecule has 7 heteroatoms. The number of carbonyl (C=O) groups excluding carboxylic acids is 1. The zero-order valence-corrected chi connectivity index (χ0v) is 10.3. The second-order valence-corrected chi connectivity index (χ2v) is 4.03. The summed E-state index contributed by atoms with van der Waals surface area (Å²) in [5.74, 6) is 0.546. The lowest BCUT2D eigenvalue weighted by Crippen LogP contribution is -2.10. The summed E-state index contributed by atoms with van der Waals surface area (Å²) in [5.41, 5.74) is 0. The summed E-state index contributed by atoms with van der Waals surface area (Å²) in [5, 5.41) is 7.91. The standard InChI is InChI=1S/C12H7ClN4O2/c13-9-3-4-10(16-15-9)17-6-5-14-12(17)11(18)8-2-1-7-19-8/h1-7H. The van der Waals surface area contributed by atoms with E-state index >= 15 is 0 Å². The van der Waals surface area contributed by atoms with Crippen LogP contribution < -0.4 is 0 Å². The van der Waals surface area contributed by atoms with Gasteiger partial charge in [-0.25, -0.2) is 4.98 Å². The first kappa shape index (κ1) is 11.6. The predicted molar refractivity (Wildman–Crippen MR) is 66.3 cm³/mol. The molecule has 0 aliphatic heterocycles. The largest absolute Gasteiger partial charge is 0.461 e. The van der Waals surface area contributed by atoms with Gasteiger partial charge < -0.3 is 4.42 Å². The third-order valence-corrected chi connectivity index (χ3v) is 2.66. The lowest BCUT2D eigenvalue weighted by Gasteiger charge is -2.03. The van der Waals surface area contributed by atoms with Gasteiger partial charge in [-0.05, 0) is 24.3 Å². The van der Waals surface area contributed by atoms with Crippen LogP contribution in [0, 0.1) is 0 Å². The molecule has 0 saturated heterocycles. The van der Waals surface area contributed by atoms with E-state index in [0.717, 1.165) is 0 Å². The van der Waals surface area contributed by atoms with Crippen molar-refractivity contribution in [2.75, 3.05) is 0 Å². The van der Waals surface area contributed by atoms with Gasteiger partial charge in [-0.3, -0.25) is 9.36 Å². The molecule has 94 valence electrons. The van der Waals surface area contributed by atoms with Gasteiger partial charge >= 0.3 is 0 Å². The lowest BCUT2D eigenvalue weighted by molar-refractivity contribution is 0.0998. The van der Waals surface area contributed by atoms with Crippen LogP contribution in [0.5, 0.6) is 0 Å². The summed E-state index contributed by atoms with van der Waals surface area (Å²) in [4.78, 5) is 16.2. The minimum atomic E-state index is -0.327. The molecule has 19 heavy (non-hydrogen) atoms. The average Bonchev–Trinajstić information content (AvgIpc) is 3.10. The Morgan fingerprint density at radius 3 is 2.84 bits per heavy atom. The number of aromatic nitrogens is 4. The van der Waals surface area contributed by atoms with Gasteiger partial charge in [0.2, 0.25) is 0 Å². The van der Waals surface area contributed by atoms with Gasteiger partial charge in [0, 0.05) is 12.4 Å². The highest BCUT2D eigenvalue weighted by molar-refractivity contribution is 6.29. The zero-order valence-electron chi connectivity index (χ0n) is 9.52. The van der Waals surface area contributed by atoms with E-state index in [1.54, 1.807) is 30.5 Å². The van der Waals surface area contributed by atoms with Crippen LogP contribution in [0.3, 0.4) is 0 Å². The SMILES string of the molecule is O=C(c1ccco1)c1nccn1-c1ccc(Cl)nn1. The van der Waals surface area contributed by atoms with E-state index in [9.17, 15) is 4.79 Å². The number of hydrogen-bond acceptors (Lipinski definition) is 5. The van der Waals surface area contributed by atoms with Gasteiger partial charge in [0.25, 0.3) is 5.78 Å².